The normalized spacial score (nSPS) is 25.2. The van der Waals surface area contributed by atoms with E-state index in [9.17, 15) is 8.42 Å². The Kier molecular flexibility index (Phi) is 5.89. The fourth-order valence-electron chi connectivity index (χ4n) is 5.01. The second-order valence-corrected chi connectivity index (χ2v) is 11.1. The van der Waals surface area contributed by atoms with Crippen molar-refractivity contribution in [3.05, 3.63) is 29.8 Å². The first-order chi connectivity index (χ1) is 13.9. The van der Waals surface area contributed by atoms with Gasteiger partial charge in [-0.25, -0.2) is 8.42 Å². The molecule has 2 aliphatic heterocycles. The van der Waals surface area contributed by atoms with Gasteiger partial charge in [-0.3, -0.25) is 4.99 Å². The Labute approximate surface area is 175 Å². The van der Waals surface area contributed by atoms with Crippen molar-refractivity contribution in [3.8, 4) is 0 Å². The van der Waals surface area contributed by atoms with E-state index in [1.807, 2.05) is 19.2 Å². The van der Waals surface area contributed by atoms with Crippen LogP contribution < -0.4 is 5.32 Å². The van der Waals surface area contributed by atoms with Gasteiger partial charge in [-0.15, -0.1) is 0 Å². The lowest BCUT2D eigenvalue weighted by Crippen LogP contribution is -2.42. The van der Waals surface area contributed by atoms with Gasteiger partial charge in [0.1, 0.15) is 0 Å². The molecule has 3 aliphatic rings. The Morgan fingerprint density at radius 3 is 2.52 bits per heavy atom. The molecule has 2 heterocycles. The molecule has 160 valence electrons. The highest BCUT2D eigenvalue weighted by Crippen LogP contribution is 2.47. The minimum absolute atomic E-state index is 0.395. The molecule has 1 aliphatic carbocycles. The maximum atomic E-state index is 12.9. The topological polar surface area (TPSA) is 65.0 Å². The molecule has 29 heavy (non-hydrogen) atoms. The van der Waals surface area contributed by atoms with Gasteiger partial charge in [0.2, 0.25) is 10.0 Å². The highest BCUT2D eigenvalue weighted by Gasteiger charge is 2.43. The van der Waals surface area contributed by atoms with Crippen LogP contribution in [0.15, 0.2) is 34.2 Å². The van der Waals surface area contributed by atoms with Crippen molar-refractivity contribution < 1.29 is 8.42 Å². The molecule has 0 radical (unpaired) electrons. The first kappa shape index (κ1) is 20.7. The van der Waals surface area contributed by atoms with Gasteiger partial charge in [-0.05, 0) is 61.1 Å². The van der Waals surface area contributed by atoms with Crippen molar-refractivity contribution in [1.29, 1.82) is 0 Å². The van der Waals surface area contributed by atoms with Crippen LogP contribution in [0.3, 0.4) is 0 Å². The van der Waals surface area contributed by atoms with Crippen LogP contribution in [0.25, 0.3) is 0 Å². The van der Waals surface area contributed by atoms with Gasteiger partial charge in [0.05, 0.1) is 4.90 Å². The highest BCUT2D eigenvalue weighted by atomic mass is 32.2. The summed E-state index contributed by atoms with van der Waals surface area (Å²) in [6.07, 6.45) is 7.40. The molecule has 1 atom stereocenters. The molecule has 7 heteroatoms. The lowest BCUT2D eigenvalue weighted by atomic mass is 9.68. The predicted octanol–water partition coefficient (Wildman–Crippen LogP) is 3.06. The van der Waals surface area contributed by atoms with Crippen molar-refractivity contribution in [3.63, 3.8) is 0 Å². The summed E-state index contributed by atoms with van der Waals surface area (Å²) in [6.45, 7) is 6.21. The zero-order valence-corrected chi connectivity index (χ0v) is 18.5. The molecule has 1 spiro atoms. The average molecular weight is 419 g/mol. The fraction of sp³-hybridized carbons (Fsp3) is 0.682. The van der Waals surface area contributed by atoms with Gasteiger partial charge in [0.15, 0.2) is 5.96 Å². The molecule has 3 fully saturated rings. The number of rotatable bonds is 4. The zero-order valence-electron chi connectivity index (χ0n) is 17.7. The number of guanidine groups is 1. The molecule has 1 saturated carbocycles. The van der Waals surface area contributed by atoms with Gasteiger partial charge >= 0.3 is 0 Å². The molecule has 6 nitrogen and oxygen atoms in total. The van der Waals surface area contributed by atoms with Crippen LogP contribution in [0.1, 0.15) is 51.0 Å². The Bertz CT molecular complexity index is 846. The van der Waals surface area contributed by atoms with Gasteiger partial charge in [0.25, 0.3) is 0 Å². The van der Waals surface area contributed by atoms with E-state index >= 15 is 0 Å². The van der Waals surface area contributed by atoms with Crippen molar-refractivity contribution in [2.45, 2.75) is 56.9 Å². The van der Waals surface area contributed by atoms with E-state index in [-0.39, 0.29) is 0 Å². The van der Waals surface area contributed by atoms with Gasteiger partial charge < -0.3 is 10.2 Å². The largest absolute Gasteiger partial charge is 0.352 e. The van der Waals surface area contributed by atoms with Crippen LogP contribution in [0.2, 0.25) is 0 Å². The minimum atomic E-state index is -3.39. The summed E-state index contributed by atoms with van der Waals surface area (Å²) in [5, 5.41) is 3.46. The molecular formula is C22H34N4O2S. The molecule has 1 unspecified atom stereocenters. The zero-order chi connectivity index (χ0) is 20.5. The predicted molar refractivity (Wildman–Crippen MR) is 116 cm³/mol. The van der Waals surface area contributed by atoms with Crippen LogP contribution in [0.5, 0.6) is 0 Å². The van der Waals surface area contributed by atoms with Gasteiger partial charge in [0, 0.05) is 39.8 Å². The Morgan fingerprint density at radius 1 is 1.17 bits per heavy atom. The monoisotopic (exact) mass is 418 g/mol. The van der Waals surface area contributed by atoms with Crippen molar-refractivity contribution in [2.24, 2.45) is 16.3 Å². The third-order valence-electron chi connectivity index (χ3n) is 7.00. The Balaban J connectivity index is 1.35. The summed E-state index contributed by atoms with van der Waals surface area (Å²) in [6, 6.07) is 7.32. The number of likely N-dealkylation sites (tertiary alicyclic amines) is 1. The standard InChI is InChI=1S/C22H34N4O2S/c1-18-5-3-13-26(16-18)29(27,28)20-8-6-19(7-9-20)15-24-21(23-2)25-14-12-22(17-25)10-4-11-22/h6-9,18H,3-5,10-17H2,1-2H3,(H,23,24). The van der Waals surface area contributed by atoms with Gasteiger partial charge in [-0.2, -0.15) is 4.31 Å². The van der Waals surface area contributed by atoms with Crippen molar-refractivity contribution in [2.75, 3.05) is 33.2 Å². The smallest absolute Gasteiger partial charge is 0.243 e. The maximum Gasteiger partial charge on any atom is 0.243 e. The maximum absolute atomic E-state index is 12.9. The SMILES string of the molecule is CN=C(NCc1ccc(S(=O)(=O)N2CCCC(C)C2)cc1)N1CCC2(CCC2)C1. The van der Waals surface area contributed by atoms with Crippen molar-refractivity contribution >= 4 is 16.0 Å². The van der Waals surface area contributed by atoms with E-state index in [2.05, 4.69) is 22.1 Å². The number of nitrogens with zero attached hydrogens (tertiary/aromatic N) is 3. The first-order valence-electron chi connectivity index (χ1n) is 11.0. The summed E-state index contributed by atoms with van der Waals surface area (Å²) in [5.41, 5.74) is 1.61. The molecule has 2 saturated heterocycles. The molecule has 0 aromatic heterocycles. The van der Waals surface area contributed by atoms with E-state index < -0.39 is 10.0 Å². The summed E-state index contributed by atoms with van der Waals surface area (Å²) in [5.74, 6) is 1.38. The number of nitrogens with one attached hydrogen (secondary N) is 1. The van der Waals surface area contributed by atoms with E-state index in [0.717, 1.165) is 37.5 Å². The third kappa shape index (κ3) is 4.31. The number of hydrogen-bond acceptors (Lipinski definition) is 3. The van der Waals surface area contributed by atoms with Crippen LogP contribution >= 0.6 is 0 Å². The summed E-state index contributed by atoms with van der Waals surface area (Å²) in [4.78, 5) is 7.23. The highest BCUT2D eigenvalue weighted by molar-refractivity contribution is 7.89. The van der Waals surface area contributed by atoms with E-state index in [0.29, 0.717) is 35.9 Å². The number of benzene rings is 1. The lowest BCUT2D eigenvalue weighted by molar-refractivity contribution is 0.151. The van der Waals surface area contributed by atoms with Crippen LogP contribution in [0, 0.1) is 11.3 Å². The fourth-order valence-corrected chi connectivity index (χ4v) is 6.61. The molecule has 1 aromatic rings. The Morgan fingerprint density at radius 2 is 1.93 bits per heavy atom. The van der Waals surface area contributed by atoms with E-state index in [1.165, 1.54) is 25.7 Å². The molecule has 0 amide bonds. The number of sulfonamides is 1. The summed E-state index contributed by atoms with van der Waals surface area (Å²) >= 11 is 0. The lowest BCUT2D eigenvalue weighted by Gasteiger charge is -2.38. The van der Waals surface area contributed by atoms with Crippen LogP contribution in [0.4, 0.5) is 0 Å². The number of hydrogen-bond donors (Lipinski definition) is 1. The Hall–Kier alpha value is -1.60. The average Bonchev–Trinajstić information content (AvgIpc) is 3.15. The van der Waals surface area contributed by atoms with Crippen LogP contribution in [-0.4, -0.2) is 56.8 Å². The molecule has 1 aromatic carbocycles. The second-order valence-electron chi connectivity index (χ2n) is 9.18. The summed E-state index contributed by atoms with van der Waals surface area (Å²) < 4.78 is 27.5. The van der Waals surface area contributed by atoms with Crippen molar-refractivity contribution in [1.82, 2.24) is 14.5 Å². The molecule has 0 bridgehead atoms. The van der Waals surface area contributed by atoms with Crippen LogP contribution in [-0.2, 0) is 16.6 Å². The first-order valence-corrected chi connectivity index (χ1v) is 12.4. The second kappa shape index (κ2) is 8.26. The quantitative estimate of drug-likeness (QED) is 0.603. The molecule has 4 rings (SSSR count). The molecule has 1 N–H and O–H groups in total. The van der Waals surface area contributed by atoms with E-state index in [1.54, 1.807) is 16.4 Å². The number of piperidine rings is 1. The third-order valence-corrected chi connectivity index (χ3v) is 8.87. The summed E-state index contributed by atoms with van der Waals surface area (Å²) in [7, 11) is -1.55. The van der Waals surface area contributed by atoms with Gasteiger partial charge in [-0.1, -0.05) is 25.5 Å². The minimum Gasteiger partial charge on any atom is -0.352 e. The number of aliphatic imine (C=N–C) groups is 1. The van der Waals surface area contributed by atoms with E-state index in [4.69, 9.17) is 0 Å². The molecular weight excluding hydrogens is 384 g/mol.